The first-order valence-corrected chi connectivity index (χ1v) is 6.73. The van der Waals surface area contributed by atoms with Crippen LogP contribution in [0.15, 0.2) is 24.3 Å². The zero-order chi connectivity index (χ0) is 13.1. The minimum absolute atomic E-state index is 0.0324. The van der Waals surface area contributed by atoms with Crippen LogP contribution in [0, 0.1) is 0 Å². The smallest absolute Gasteiger partial charge is 0.254 e. The minimum Gasteiger partial charge on any atom is -0.508 e. The fourth-order valence-electron chi connectivity index (χ4n) is 2.50. The fraction of sp³-hybridized carbons (Fsp3) is 0.500. The van der Waals surface area contributed by atoms with Crippen molar-refractivity contribution in [3.05, 3.63) is 29.8 Å². The summed E-state index contributed by atoms with van der Waals surface area (Å²) in [5, 5.41) is 9.44. The number of benzene rings is 1. The third kappa shape index (κ3) is 2.78. The Morgan fingerprint density at radius 3 is 2.78 bits per heavy atom. The van der Waals surface area contributed by atoms with Gasteiger partial charge in [-0.1, -0.05) is 18.9 Å². The lowest BCUT2D eigenvalue weighted by atomic mass is 9.93. The van der Waals surface area contributed by atoms with Gasteiger partial charge in [0.15, 0.2) is 0 Å². The molecule has 0 bridgehead atoms. The zero-order valence-corrected chi connectivity index (χ0v) is 11.2. The number of nitrogens with zero attached hydrogens (tertiary/aromatic N) is 1. The molecule has 1 aromatic rings. The van der Waals surface area contributed by atoms with E-state index >= 15 is 0 Å². The van der Waals surface area contributed by atoms with E-state index in [0.717, 1.165) is 25.7 Å². The molecule has 0 saturated heterocycles. The van der Waals surface area contributed by atoms with Crippen LogP contribution in [-0.4, -0.2) is 34.4 Å². The molecular weight excluding hydrogens is 250 g/mol. The van der Waals surface area contributed by atoms with Crippen LogP contribution in [-0.2, 0) is 0 Å². The molecular formula is C14H18ClNO2. The third-order valence-electron chi connectivity index (χ3n) is 3.56. The average molecular weight is 268 g/mol. The van der Waals surface area contributed by atoms with E-state index in [0.29, 0.717) is 5.56 Å². The molecule has 4 heteroatoms. The Bertz CT molecular complexity index is 436. The van der Waals surface area contributed by atoms with Crippen LogP contribution < -0.4 is 0 Å². The van der Waals surface area contributed by atoms with E-state index in [1.807, 2.05) is 0 Å². The molecule has 1 N–H and O–H groups in total. The van der Waals surface area contributed by atoms with Crippen molar-refractivity contribution >= 4 is 17.5 Å². The lowest BCUT2D eigenvalue weighted by Crippen LogP contribution is -2.44. The number of phenolic OH excluding ortho intramolecular Hbond substituents is 1. The van der Waals surface area contributed by atoms with Gasteiger partial charge >= 0.3 is 0 Å². The van der Waals surface area contributed by atoms with Crippen molar-refractivity contribution in [3.63, 3.8) is 0 Å². The first-order valence-electron chi connectivity index (χ1n) is 6.30. The predicted molar refractivity (Wildman–Crippen MR) is 72.1 cm³/mol. The number of hydrogen-bond acceptors (Lipinski definition) is 2. The van der Waals surface area contributed by atoms with Crippen LogP contribution >= 0.6 is 11.6 Å². The highest BCUT2D eigenvalue weighted by Crippen LogP contribution is 2.27. The van der Waals surface area contributed by atoms with Gasteiger partial charge in [-0.15, -0.1) is 11.6 Å². The van der Waals surface area contributed by atoms with Crippen molar-refractivity contribution in [1.29, 1.82) is 0 Å². The van der Waals surface area contributed by atoms with Gasteiger partial charge in [-0.25, -0.2) is 0 Å². The summed E-state index contributed by atoms with van der Waals surface area (Å²) in [6.07, 6.45) is 4.17. The summed E-state index contributed by atoms with van der Waals surface area (Å²) in [5.41, 5.74) is 0.506. The van der Waals surface area contributed by atoms with Gasteiger partial charge in [0.05, 0.1) is 5.38 Å². The molecule has 0 aromatic heterocycles. The van der Waals surface area contributed by atoms with E-state index in [-0.39, 0.29) is 23.1 Å². The quantitative estimate of drug-likeness (QED) is 0.837. The molecule has 1 saturated carbocycles. The number of hydrogen-bond donors (Lipinski definition) is 1. The first-order chi connectivity index (χ1) is 8.59. The van der Waals surface area contributed by atoms with E-state index in [9.17, 15) is 9.90 Å². The summed E-state index contributed by atoms with van der Waals surface area (Å²) in [4.78, 5) is 14.0. The van der Waals surface area contributed by atoms with Crippen molar-refractivity contribution in [2.75, 3.05) is 7.05 Å². The second-order valence-electron chi connectivity index (χ2n) is 4.83. The van der Waals surface area contributed by atoms with Crippen molar-refractivity contribution in [2.24, 2.45) is 0 Å². The van der Waals surface area contributed by atoms with Crippen LogP contribution in [0.25, 0.3) is 0 Å². The zero-order valence-electron chi connectivity index (χ0n) is 10.5. The predicted octanol–water partition coefficient (Wildman–Crippen LogP) is 3.01. The molecule has 1 fully saturated rings. The number of alkyl halides is 1. The second kappa shape index (κ2) is 5.61. The Morgan fingerprint density at radius 2 is 2.11 bits per heavy atom. The number of halogens is 1. The highest BCUT2D eigenvalue weighted by molar-refractivity contribution is 6.21. The van der Waals surface area contributed by atoms with E-state index < -0.39 is 0 Å². The number of rotatable bonds is 2. The molecule has 0 heterocycles. The van der Waals surface area contributed by atoms with Crippen LogP contribution in [0.2, 0.25) is 0 Å². The molecule has 0 aliphatic heterocycles. The maximum Gasteiger partial charge on any atom is 0.254 e. The molecule has 2 atom stereocenters. The summed E-state index contributed by atoms with van der Waals surface area (Å²) >= 11 is 6.30. The topological polar surface area (TPSA) is 40.5 Å². The SMILES string of the molecule is CN(C(=O)c1cccc(O)c1)C1CCCCC1Cl. The second-order valence-corrected chi connectivity index (χ2v) is 5.39. The van der Waals surface area contributed by atoms with E-state index in [4.69, 9.17) is 11.6 Å². The average Bonchev–Trinajstić information content (AvgIpc) is 2.37. The van der Waals surface area contributed by atoms with E-state index in [2.05, 4.69) is 0 Å². The number of aromatic hydroxyl groups is 1. The fourth-order valence-corrected chi connectivity index (χ4v) is 2.94. The van der Waals surface area contributed by atoms with Crippen LogP contribution in [0.5, 0.6) is 5.75 Å². The van der Waals surface area contributed by atoms with Gasteiger partial charge in [-0.3, -0.25) is 4.79 Å². The van der Waals surface area contributed by atoms with Crippen LogP contribution in [0.1, 0.15) is 36.0 Å². The molecule has 0 radical (unpaired) electrons. The highest BCUT2D eigenvalue weighted by atomic mass is 35.5. The monoisotopic (exact) mass is 267 g/mol. The van der Waals surface area contributed by atoms with Crippen LogP contribution in [0.4, 0.5) is 0 Å². The summed E-state index contributed by atoms with van der Waals surface area (Å²) in [7, 11) is 1.79. The summed E-state index contributed by atoms with van der Waals surface area (Å²) in [5.74, 6) is 0.0313. The van der Waals surface area contributed by atoms with Gasteiger partial charge in [0.25, 0.3) is 5.91 Å². The number of carbonyl (C=O) groups is 1. The van der Waals surface area contributed by atoms with Crippen LogP contribution in [0.3, 0.4) is 0 Å². The molecule has 1 aliphatic rings. The maximum atomic E-state index is 12.3. The van der Waals surface area contributed by atoms with E-state index in [1.165, 1.54) is 6.07 Å². The first kappa shape index (κ1) is 13.2. The normalized spacial score (nSPS) is 23.7. The Balaban J connectivity index is 2.13. The molecule has 1 aromatic carbocycles. The van der Waals surface area contributed by atoms with E-state index in [1.54, 1.807) is 30.1 Å². The van der Waals surface area contributed by atoms with Crippen molar-refractivity contribution in [2.45, 2.75) is 37.1 Å². The van der Waals surface area contributed by atoms with Crippen molar-refractivity contribution < 1.29 is 9.90 Å². The van der Waals surface area contributed by atoms with Gasteiger partial charge < -0.3 is 10.0 Å². The molecule has 0 spiro atoms. The lowest BCUT2D eigenvalue weighted by molar-refractivity contribution is 0.0700. The summed E-state index contributed by atoms with van der Waals surface area (Å²) in [6, 6.07) is 6.53. The largest absolute Gasteiger partial charge is 0.508 e. The Morgan fingerprint density at radius 1 is 1.39 bits per heavy atom. The summed E-state index contributed by atoms with van der Waals surface area (Å²) < 4.78 is 0. The Labute approximate surface area is 112 Å². The molecule has 98 valence electrons. The molecule has 2 unspecified atom stereocenters. The van der Waals surface area contributed by atoms with Gasteiger partial charge in [0.2, 0.25) is 0 Å². The highest BCUT2D eigenvalue weighted by Gasteiger charge is 2.29. The maximum absolute atomic E-state index is 12.3. The molecule has 2 rings (SSSR count). The molecule has 3 nitrogen and oxygen atoms in total. The van der Waals surface area contributed by atoms with Gasteiger partial charge in [-0.05, 0) is 31.0 Å². The number of phenols is 1. The van der Waals surface area contributed by atoms with Gasteiger partial charge in [0.1, 0.15) is 5.75 Å². The third-order valence-corrected chi connectivity index (χ3v) is 4.07. The standard InChI is InChI=1S/C14H18ClNO2/c1-16(13-8-3-2-7-12(13)15)14(18)10-5-4-6-11(17)9-10/h4-6,9,12-13,17H,2-3,7-8H2,1H3. The number of carbonyl (C=O) groups excluding carboxylic acids is 1. The summed E-state index contributed by atoms with van der Waals surface area (Å²) in [6.45, 7) is 0. The molecule has 18 heavy (non-hydrogen) atoms. The molecule has 1 aliphatic carbocycles. The number of amides is 1. The van der Waals surface area contributed by atoms with Gasteiger partial charge in [0, 0.05) is 18.7 Å². The van der Waals surface area contributed by atoms with Crippen molar-refractivity contribution in [1.82, 2.24) is 4.90 Å². The van der Waals surface area contributed by atoms with Gasteiger partial charge in [-0.2, -0.15) is 0 Å². The lowest BCUT2D eigenvalue weighted by Gasteiger charge is -2.35. The Kier molecular flexibility index (Phi) is 4.12. The van der Waals surface area contributed by atoms with Crippen molar-refractivity contribution in [3.8, 4) is 5.75 Å². The Hall–Kier alpha value is -1.22. The molecule has 1 amide bonds. The minimum atomic E-state index is -0.0801.